The fourth-order valence-electron chi connectivity index (χ4n) is 1.92. The SMILES string of the molecule is Cc1ccsc1CN(C)C(=O)CCOc1ccccc1N. The van der Waals surface area contributed by atoms with E-state index in [-0.39, 0.29) is 5.91 Å². The van der Waals surface area contributed by atoms with E-state index in [1.54, 1.807) is 28.4 Å². The first-order valence-corrected chi connectivity index (χ1v) is 7.70. The number of hydrogen-bond acceptors (Lipinski definition) is 4. The van der Waals surface area contributed by atoms with Crippen molar-refractivity contribution in [3.05, 3.63) is 46.2 Å². The van der Waals surface area contributed by atoms with E-state index in [0.717, 1.165) is 0 Å². The van der Waals surface area contributed by atoms with Crippen LogP contribution in [0.4, 0.5) is 5.69 Å². The van der Waals surface area contributed by atoms with Crippen LogP contribution in [0.3, 0.4) is 0 Å². The average molecular weight is 304 g/mol. The molecule has 0 aliphatic carbocycles. The van der Waals surface area contributed by atoms with E-state index < -0.39 is 0 Å². The molecular formula is C16H20N2O2S. The van der Waals surface area contributed by atoms with Gasteiger partial charge < -0.3 is 15.4 Å². The summed E-state index contributed by atoms with van der Waals surface area (Å²) in [6, 6.07) is 9.37. The number of benzene rings is 1. The third-order valence-corrected chi connectivity index (χ3v) is 4.27. The number of aryl methyl sites for hydroxylation is 1. The lowest BCUT2D eigenvalue weighted by molar-refractivity contribution is -0.130. The summed E-state index contributed by atoms with van der Waals surface area (Å²) in [6.45, 7) is 3.04. The smallest absolute Gasteiger partial charge is 0.226 e. The van der Waals surface area contributed by atoms with Crippen molar-refractivity contribution >= 4 is 22.9 Å². The molecule has 0 atom stereocenters. The van der Waals surface area contributed by atoms with Crippen LogP contribution in [0.25, 0.3) is 0 Å². The van der Waals surface area contributed by atoms with Crippen molar-refractivity contribution in [1.29, 1.82) is 0 Å². The van der Waals surface area contributed by atoms with Gasteiger partial charge in [0.2, 0.25) is 5.91 Å². The van der Waals surface area contributed by atoms with Crippen LogP contribution in [0.15, 0.2) is 35.7 Å². The van der Waals surface area contributed by atoms with Crippen molar-refractivity contribution in [3.63, 3.8) is 0 Å². The molecule has 0 aliphatic heterocycles. The lowest BCUT2D eigenvalue weighted by Crippen LogP contribution is -2.27. The molecule has 0 fully saturated rings. The standard InChI is InChI=1S/C16H20N2O2S/c1-12-8-10-21-15(12)11-18(2)16(19)7-9-20-14-6-4-3-5-13(14)17/h3-6,8,10H,7,9,11,17H2,1-2H3. The maximum atomic E-state index is 12.1. The molecule has 0 aliphatic rings. The maximum absolute atomic E-state index is 12.1. The Labute approximate surface area is 129 Å². The molecule has 1 amide bonds. The van der Waals surface area contributed by atoms with Gasteiger partial charge in [-0.2, -0.15) is 0 Å². The number of nitrogens with two attached hydrogens (primary N) is 1. The molecule has 2 N–H and O–H groups in total. The van der Waals surface area contributed by atoms with Gasteiger partial charge in [-0.15, -0.1) is 11.3 Å². The van der Waals surface area contributed by atoms with Gasteiger partial charge in [0.25, 0.3) is 0 Å². The Hall–Kier alpha value is -2.01. The Morgan fingerprint density at radius 1 is 1.33 bits per heavy atom. The van der Waals surface area contributed by atoms with Crippen LogP contribution in [0.1, 0.15) is 16.9 Å². The molecule has 0 saturated heterocycles. The van der Waals surface area contributed by atoms with Gasteiger partial charge in [0.1, 0.15) is 5.75 Å². The summed E-state index contributed by atoms with van der Waals surface area (Å²) in [5.74, 6) is 0.694. The molecular weight excluding hydrogens is 284 g/mol. The minimum atomic E-state index is 0.0669. The molecule has 2 aromatic rings. The third kappa shape index (κ3) is 4.23. The summed E-state index contributed by atoms with van der Waals surface area (Å²) >= 11 is 1.68. The minimum Gasteiger partial charge on any atom is -0.491 e. The topological polar surface area (TPSA) is 55.6 Å². The number of carbonyl (C=O) groups is 1. The Kier molecular flexibility index (Phi) is 5.22. The second-order valence-electron chi connectivity index (χ2n) is 4.91. The van der Waals surface area contributed by atoms with Crippen LogP contribution < -0.4 is 10.5 Å². The number of nitrogens with zero attached hydrogens (tertiary/aromatic N) is 1. The first kappa shape index (κ1) is 15.4. The highest BCUT2D eigenvalue weighted by Gasteiger charge is 2.11. The van der Waals surface area contributed by atoms with Crippen LogP contribution in [0.2, 0.25) is 0 Å². The molecule has 0 radical (unpaired) electrons. The van der Waals surface area contributed by atoms with Crippen molar-refractivity contribution < 1.29 is 9.53 Å². The zero-order valence-corrected chi connectivity index (χ0v) is 13.2. The highest BCUT2D eigenvalue weighted by atomic mass is 32.1. The molecule has 0 unspecified atom stereocenters. The van der Waals surface area contributed by atoms with Gasteiger partial charge in [-0.05, 0) is 36.1 Å². The number of rotatable bonds is 6. The van der Waals surface area contributed by atoms with Crippen LogP contribution >= 0.6 is 11.3 Å². The zero-order valence-electron chi connectivity index (χ0n) is 12.3. The van der Waals surface area contributed by atoms with Crippen molar-refractivity contribution in [1.82, 2.24) is 4.90 Å². The van der Waals surface area contributed by atoms with E-state index in [9.17, 15) is 4.79 Å². The summed E-state index contributed by atoms with van der Waals surface area (Å²) in [4.78, 5) is 15.0. The highest BCUT2D eigenvalue weighted by Crippen LogP contribution is 2.20. The molecule has 0 bridgehead atoms. The van der Waals surface area contributed by atoms with E-state index in [1.165, 1.54) is 10.4 Å². The minimum absolute atomic E-state index is 0.0669. The molecule has 0 saturated carbocycles. The second-order valence-corrected chi connectivity index (χ2v) is 5.91. The lowest BCUT2D eigenvalue weighted by Gasteiger charge is -2.17. The molecule has 1 aromatic heterocycles. The number of amides is 1. The van der Waals surface area contributed by atoms with Crippen molar-refractivity contribution in [3.8, 4) is 5.75 Å². The highest BCUT2D eigenvalue weighted by molar-refractivity contribution is 7.10. The molecule has 2 rings (SSSR count). The molecule has 1 heterocycles. The van der Waals surface area contributed by atoms with E-state index >= 15 is 0 Å². The number of ether oxygens (including phenoxy) is 1. The Bertz CT molecular complexity index is 610. The summed E-state index contributed by atoms with van der Waals surface area (Å²) in [5, 5.41) is 2.05. The number of para-hydroxylation sites is 2. The quantitative estimate of drug-likeness (QED) is 0.834. The first-order valence-electron chi connectivity index (χ1n) is 6.82. The average Bonchev–Trinajstić information content (AvgIpc) is 2.86. The molecule has 5 heteroatoms. The predicted octanol–water partition coefficient (Wildman–Crippen LogP) is 3.07. The molecule has 1 aromatic carbocycles. The fourth-order valence-corrected chi connectivity index (χ4v) is 2.88. The first-order chi connectivity index (χ1) is 10.1. The van der Waals surface area contributed by atoms with Gasteiger partial charge in [0, 0.05) is 11.9 Å². The van der Waals surface area contributed by atoms with Crippen molar-refractivity contribution in [2.75, 3.05) is 19.4 Å². The Morgan fingerprint density at radius 2 is 2.10 bits per heavy atom. The third-order valence-electron chi connectivity index (χ3n) is 3.27. The summed E-state index contributed by atoms with van der Waals surface area (Å²) in [6.07, 6.45) is 0.343. The van der Waals surface area contributed by atoms with E-state index in [2.05, 4.69) is 13.0 Å². The Balaban J connectivity index is 1.79. The van der Waals surface area contributed by atoms with Gasteiger partial charge in [0.05, 0.1) is 25.3 Å². The van der Waals surface area contributed by atoms with E-state index in [1.807, 2.05) is 24.6 Å². The molecule has 21 heavy (non-hydrogen) atoms. The monoisotopic (exact) mass is 304 g/mol. The van der Waals surface area contributed by atoms with Gasteiger partial charge >= 0.3 is 0 Å². The van der Waals surface area contributed by atoms with Gasteiger partial charge in [0.15, 0.2) is 0 Å². The molecule has 0 spiro atoms. The number of carbonyl (C=O) groups excluding carboxylic acids is 1. The largest absolute Gasteiger partial charge is 0.491 e. The normalized spacial score (nSPS) is 10.4. The predicted molar refractivity (Wildman–Crippen MR) is 86.5 cm³/mol. The fraction of sp³-hybridized carbons (Fsp3) is 0.312. The number of nitrogen functional groups attached to an aromatic ring is 1. The Morgan fingerprint density at radius 3 is 2.76 bits per heavy atom. The van der Waals surface area contributed by atoms with Crippen LogP contribution in [0.5, 0.6) is 5.75 Å². The van der Waals surface area contributed by atoms with Crippen molar-refractivity contribution in [2.45, 2.75) is 19.9 Å². The maximum Gasteiger partial charge on any atom is 0.226 e. The van der Waals surface area contributed by atoms with E-state index in [0.29, 0.717) is 31.0 Å². The van der Waals surface area contributed by atoms with Gasteiger partial charge in [-0.1, -0.05) is 12.1 Å². The molecule has 4 nitrogen and oxygen atoms in total. The van der Waals surface area contributed by atoms with Crippen molar-refractivity contribution in [2.24, 2.45) is 0 Å². The summed E-state index contributed by atoms with van der Waals surface area (Å²) in [7, 11) is 1.82. The van der Waals surface area contributed by atoms with Gasteiger partial charge in [-0.3, -0.25) is 4.79 Å². The number of hydrogen-bond donors (Lipinski definition) is 1. The van der Waals surface area contributed by atoms with E-state index in [4.69, 9.17) is 10.5 Å². The number of thiophene rings is 1. The van der Waals surface area contributed by atoms with Crippen LogP contribution in [-0.2, 0) is 11.3 Å². The van der Waals surface area contributed by atoms with Gasteiger partial charge in [-0.25, -0.2) is 0 Å². The summed E-state index contributed by atoms with van der Waals surface area (Å²) < 4.78 is 5.55. The molecule has 112 valence electrons. The van der Waals surface area contributed by atoms with Crippen LogP contribution in [0, 0.1) is 6.92 Å². The van der Waals surface area contributed by atoms with Crippen LogP contribution in [-0.4, -0.2) is 24.5 Å². The zero-order chi connectivity index (χ0) is 15.2. The lowest BCUT2D eigenvalue weighted by atomic mass is 10.2. The second kappa shape index (κ2) is 7.13. The summed E-state index contributed by atoms with van der Waals surface area (Å²) in [5.41, 5.74) is 7.61. The number of anilines is 1.